The monoisotopic (exact) mass is 215 g/mol. The van der Waals surface area contributed by atoms with E-state index in [0.29, 0.717) is 6.61 Å². The van der Waals surface area contributed by atoms with Crippen LogP contribution >= 0.6 is 0 Å². The molecule has 2 N–H and O–H groups in total. The number of ether oxygens (including phenoxy) is 2. The second kappa shape index (κ2) is 5.45. The fourth-order valence-corrected chi connectivity index (χ4v) is 0.888. The predicted molar refractivity (Wildman–Crippen MR) is 53.0 cm³/mol. The van der Waals surface area contributed by atoms with Crippen molar-refractivity contribution in [3.63, 3.8) is 0 Å². The van der Waals surface area contributed by atoms with Gasteiger partial charge in [-0.15, -0.1) is 0 Å². The summed E-state index contributed by atoms with van der Waals surface area (Å²) >= 11 is 0. The zero-order chi connectivity index (χ0) is 11.3. The van der Waals surface area contributed by atoms with Crippen LogP contribution in [0.2, 0.25) is 0 Å². The Labute approximate surface area is 87.4 Å². The van der Waals surface area contributed by atoms with Crippen molar-refractivity contribution in [3.8, 4) is 5.88 Å². The molecule has 6 heteroatoms. The van der Waals surface area contributed by atoms with Crippen LogP contribution in [0.15, 0.2) is 6.20 Å². The molecular formula is C9H14FN3O2. The van der Waals surface area contributed by atoms with Crippen LogP contribution in [0.3, 0.4) is 0 Å². The Morgan fingerprint density at radius 2 is 2.20 bits per heavy atom. The Morgan fingerprint density at radius 3 is 2.87 bits per heavy atom. The zero-order valence-corrected chi connectivity index (χ0v) is 8.74. The lowest BCUT2D eigenvalue weighted by Gasteiger charge is -2.08. The van der Waals surface area contributed by atoms with Crippen molar-refractivity contribution in [1.29, 1.82) is 0 Å². The number of hydrogen-bond donors (Lipinski definition) is 1. The Morgan fingerprint density at radius 1 is 1.47 bits per heavy atom. The molecule has 0 spiro atoms. The highest BCUT2D eigenvalue weighted by Crippen LogP contribution is 2.12. The third-order valence-electron chi connectivity index (χ3n) is 1.50. The molecule has 1 aromatic rings. The largest absolute Gasteiger partial charge is 0.473 e. The zero-order valence-electron chi connectivity index (χ0n) is 8.74. The van der Waals surface area contributed by atoms with Crippen molar-refractivity contribution >= 4 is 5.95 Å². The Bertz CT molecular complexity index is 320. The summed E-state index contributed by atoms with van der Waals surface area (Å²) in [5, 5.41) is 0. The summed E-state index contributed by atoms with van der Waals surface area (Å²) in [6.45, 7) is 4.42. The van der Waals surface area contributed by atoms with Gasteiger partial charge in [0, 0.05) is 0 Å². The lowest BCUT2D eigenvalue weighted by Crippen LogP contribution is -2.13. The van der Waals surface area contributed by atoms with Crippen LogP contribution in [-0.2, 0) is 4.74 Å². The summed E-state index contributed by atoms with van der Waals surface area (Å²) in [5.41, 5.74) is 5.28. The molecule has 84 valence electrons. The van der Waals surface area contributed by atoms with E-state index < -0.39 is 5.82 Å². The van der Waals surface area contributed by atoms with Gasteiger partial charge in [-0.05, 0) is 13.8 Å². The number of nitrogens with zero attached hydrogens (tertiary/aromatic N) is 2. The molecule has 0 saturated heterocycles. The summed E-state index contributed by atoms with van der Waals surface area (Å²) < 4.78 is 23.3. The van der Waals surface area contributed by atoms with Gasteiger partial charge in [0.1, 0.15) is 6.61 Å². The molecule has 1 heterocycles. The van der Waals surface area contributed by atoms with E-state index in [1.807, 2.05) is 13.8 Å². The van der Waals surface area contributed by atoms with Crippen molar-refractivity contribution in [3.05, 3.63) is 12.0 Å². The molecule has 0 aliphatic rings. The second-order valence-corrected chi connectivity index (χ2v) is 3.15. The highest BCUT2D eigenvalue weighted by molar-refractivity contribution is 5.22. The van der Waals surface area contributed by atoms with Gasteiger partial charge in [-0.2, -0.15) is 9.37 Å². The van der Waals surface area contributed by atoms with Crippen LogP contribution in [0.1, 0.15) is 13.8 Å². The summed E-state index contributed by atoms with van der Waals surface area (Å²) in [4.78, 5) is 7.08. The van der Waals surface area contributed by atoms with Gasteiger partial charge < -0.3 is 15.2 Å². The first-order valence-corrected chi connectivity index (χ1v) is 4.62. The van der Waals surface area contributed by atoms with E-state index in [1.165, 1.54) is 0 Å². The molecule has 0 unspecified atom stereocenters. The topological polar surface area (TPSA) is 70.3 Å². The van der Waals surface area contributed by atoms with Crippen molar-refractivity contribution in [1.82, 2.24) is 9.97 Å². The minimum Gasteiger partial charge on any atom is -0.473 e. The molecule has 0 fully saturated rings. The molecular weight excluding hydrogens is 201 g/mol. The normalized spacial score (nSPS) is 10.7. The van der Waals surface area contributed by atoms with Gasteiger partial charge in [0.25, 0.3) is 5.88 Å². The first-order chi connectivity index (χ1) is 7.09. The maximum atomic E-state index is 13.0. The van der Waals surface area contributed by atoms with Crippen LogP contribution in [0, 0.1) is 5.82 Å². The van der Waals surface area contributed by atoms with Crippen molar-refractivity contribution in [2.75, 3.05) is 18.9 Å². The number of nitrogens with two attached hydrogens (primary N) is 1. The van der Waals surface area contributed by atoms with E-state index in [9.17, 15) is 4.39 Å². The number of aromatic nitrogens is 2. The molecule has 0 radical (unpaired) electrons. The van der Waals surface area contributed by atoms with Crippen molar-refractivity contribution in [2.24, 2.45) is 0 Å². The molecule has 0 amide bonds. The van der Waals surface area contributed by atoms with E-state index in [-0.39, 0.29) is 24.5 Å². The summed E-state index contributed by atoms with van der Waals surface area (Å²) in [7, 11) is 0. The number of rotatable bonds is 5. The number of nitrogen functional groups attached to an aromatic ring is 1. The highest BCUT2D eigenvalue weighted by Gasteiger charge is 2.06. The van der Waals surface area contributed by atoms with Crippen LogP contribution in [0.5, 0.6) is 5.88 Å². The fraction of sp³-hybridized carbons (Fsp3) is 0.556. The molecule has 0 saturated carbocycles. The minimum atomic E-state index is -0.631. The first-order valence-electron chi connectivity index (χ1n) is 4.62. The van der Waals surface area contributed by atoms with Crippen LogP contribution in [-0.4, -0.2) is 29.3 Å². The number of hydrogen-bond acceptors (Lipinski definition) is 5. The highest BCUT2D eigenvalue weighted by atomic mass is 19.1. The van der Waals surface area contributed by atoms with Crippen molar-refractivity contribution < 1.29 is 13.9 Å². The Hall–Kier alpha value is -1.43. The third kappa shape index (κ3) is 4.07. The first kappa shape index (κ1) is 11.6. The molecule has 0 aliphatic carbocycles. The maximum absolute atomic E-state index is 13.0. The van der Waals surface area contributed by atoms with Gasteiger partial charge in [-0.25, -0.2) is 4.98 Å². The van der Waals surface area contributed by atoms with E-state index in [4.69, 9.17) is 15.2 Å². The van der Waals surface area contributed by atoms with Crippen LogP contribution in [0.4, 0.5) is 10.3 Å². The van der Waals surface area contributed by atoms with Crippen LogP contribution in [0.25, 0.3) is 0 Å². The molecule has 1 rings (SSSR count). The number of anilines is 1. The Balaban J connectivity index is 2.40. The molecule has 0 aliphatic heterocycles. The van der Waals surface area contributed by atoms with E-state index in [0.717, 1.165) is 6.20 Å². The maximum Gasteiger partial charge on any atom is 0.255 e. The van der Waals surface area contributed by atoms with E-state index >= 15 is 0 Å². The van der Waals surface area contributed by atoms with Gasteiger partial charge in [0.15, 0.2) is 0 Å². The second-order valence-electron chi connectivity index (χ2n) is 3.15. The Kier molecular flexibility index (Phi) is 4.23. The minimum absolute atomic E-state index is 0.0174. The lowest BCUT2D eigenvalue weighted by molar-refractivity contribution is 0.0533. The smallest absolute Gasteiger partial charge is 0.255 e. The molecule has 1 aromatic heterocycles. The molecule has 0 atom stereocenters. The average molecular weight is 215 g/mol. The number of halogens is 1. The van der Waals surface area contributed by atoms with E-state index in [2.05, 4.69) is 9.97 Å². The average Bonchev–Trinajstić information content (AvgIpc) is 2.17. The van der Waals surface area contributed by atoms with Gasteiger partial charge in [0.05, 0.1) is 18.9 Å². The summed E-state index contributed by atoms with van der Waals surface area (Å²) in [6, 6.07) is 0. The SMILES string of the molecule is CC(C)OCCOc1nc(N)ncc1F. The van der Waals surface area contributed by atoms with Crippen LogP contribution < -0.4 is 10.5 Å². The standard InChI is InChI=1S/C9H14FN3O2/c1-6(2)14-3-4-15-8-7(10)5-12-9(11)13-8/h5-6H,3-4H2,1-2H3,(H2,11,12,13). The quantitative estimate of drug-likeness (QED) is 0.742. The van der Waals surface area contributed by atoms with Gasteiger partial charge >= 0.3 is 0 Å². The van der Waals surface area contributed by atoms with Gasteiger partial charge in [-0.3, -0.25) is 0 Å². The molecule has 5 nitrogen and oxygen atoms in total. The predicted octanol–water partition coefficient (Wildman–Crippen LogP) is 1.00. The van der Waals surface area contributed by atoms with Gasteiger partial charge in [-0.1, -0.05) is 0 Å². The lowest BCUT2D eigenvalue weighted by atomic mass is 10.5. The summed E-state index contributed by atoms with van der Waals surface area (Å²) in [6.07, 6.45) is 1.09. The van der Waals surface area contributed by atoms with Crippen molar-refractivity contribution in [2.45, 2.75) is 20.0 Å². The molecule has 0 aromatic carbocycles. The van der Waals surface area contributed by atoms with Gasteiger partial charge in [0.2, 0.25) is 11.8 Å². The summed E-state index contributed by atoms with van der Waals surface area (Å²) in [5.74, 6) is -0.792. The fourth-order valence-electron chi connectivity index (χ4n) is 0.888. The molecule has 0 bridgehead atoms. The molecule has 15 heavy (non-hydrogen) atoms. The van der Waals surface area contributed by atoms with E-state index in [1.54, 1.807) is 0 Å². The third-order valence-corrected chi connectivity index (χ3v) is 1.50.